The monoisotopic (exact) mass is 426 g/mol. The number of amides is 1. The average Bonchev–Trinajstić information content (AvgIpc) is 3.49. The largest absolute Gasteiger partial charge is 0.468 e. The SMILES string of the molecule is CC1CCN(c2ccc([N+](=O)[O-])cc2C(=O)NCC(c2ccco2)N2CCCC2)CC1. The van der Waals surface area contributed by atoms with Crippen LogP contribution < -0.4 is 10.2 Å². The molecule has 4 rings (SSSR count). The minimum atomic E-state index is -0.450. The molecule has 166 valence electrons. The third-order valence-electron chi connectivity index (χ3n) is 6.47. The van der Waals surface area contributed by atoms with Crippen molar-refractivity contribution in [1.82, 2.24) is 10.2 Å². The highest BCUT2D eigenvalue weighted by Crippen LogP contribution is 2.30. The second kappa shape index (κ2) is 9.51. The van der Waals surface area contributed by atoms with E-state index in [4.69, 9.17) is 4.42 Å². The van der Waals surface area contributed by atoms with Crippen LogP contribution in [-0.4, -0.2) is 48.5 Å². The van der Waals surface area contributed by atoms with Crippen molar-refractivity contribution < 1.29 is 14.1 Å². The highest BCUT2D eigenvalue weighted by Gasteiger charge is 2.28. The van der Waals surface area contributed by atoms with Crippen LogP contribution in [0.1, 0.15) is 54.8 Å². The van der Waals surface area contributed by atoms with Crippen molar-refractivity contribution in [2.24, 2.45) is 5.92 Å². The second-order valence-corrected chi connectivity index (χ2v) is 8.61. The summed E-state index contributed by atoms with van der Waals surface area (Å²) in [5.41, 5.74) is 1.07. The highest BCUT2D eigenvalue weighted by atomic mass is 16.6. The van der Waals surface area contributed by atoms with Crippen LogP contribution in [0.5, 0.6) is 0 Å². The summed E-state index contributed by atoms with van der Waals surface area (Å²) >= 11 is 0. The minimum Gasteiger partial charge on any atom is -0.468 e. The lowest BCUT2D eigenvalue weighted by atomic mass is 9.97. The molecular weight excluding hydrogens is 396 g/mol. The number of nitro groups is 1. The Morgan fingerprint density at radius 2 is 1.97 bits per heavy atom. The number of anilines is 1. The molecule has 8 heteroatoms. The van der Waals surface area contributed by atoms with Gasteiger partial charge in [-0.1, -0.05) is 6.92 Å². The van der Waals surface area contributed by atoms with Crippen molar-refractivity contribution in [2.75, 3.05) is 37.6 Å². The predicted molar refractivity (Wildman–Crippen MR) is 118 cm³/mol. The number of benzene rings is 1. The van der Waals surface area contributed by atoms with Crippen molar-refractivity contribution >= 4 is 17.3 Å². The molecule has 1 aromatic heterocycles. The number of nitrogens with one attached hydrogen (secondary N) is 1. The Hall–Kier alpha value is -2.87. The summed E-state index contributed by atoms with van der Waals surface area (Å²) in [6.07, 6.45) is 6.01. The topological polar surface area (TPSA) is 91.9 Å². The number of hydrogen-bond acceptors (Lipinski definition) is 6. The number of hydrogen-bond donors (Lipinski definition) is 1. The molecule has 1 atom stereocenters. The Balaban J connectivity index is 1.54. The van der Waals surface area contributed by atoms with Gasteiger partial charge in [-0.15, -0.1) is 0 Å². The highest BCUT2D eigenvalue weighted by molar-refractivity contribution is 6.00. The van der Waals surface area contributed by atoms with Gasteiger partial charge in [0, 0.05) is 31.8 Å². The molecule has 1 unspecified atom stereocenters. The lowest BCUT2D eigenvalue weighted by Gasteiger charge is -2.33. The number of piperidine rings is 1. The minimum absolute atomic E-state index is 0.0422. The van der Waals surface area contributed by atoms with Gasteiger partial charge in [0.05, 0.1) is 28.5 Å². The molecular formula is C23H30N4O4. The maximum Gasteiger partial charge on any atom is 0.270 e. The molecule has 2 saturated heterocycles. The zero-order chi connectivity index (χ0) is 21.8. The van der Waals surface area contributed by atoms with E-state index in [0.29, 0.717) is 18.0 Å². The number of rotatable bonds is 7. The third kappa shape index (κ3) is 4.90. The Kier molecular flexibility index (Phi) is 6.56. The van der Waals surface area contributed by atoms with E-state index in [1.807, 2.05) is 12.1 Å². The van der Waals surface area contributed by atoms with Crippen molar-refractivity contribution in [1.29, 1.82) is 0 Å². The van der Waals surface area contributed by atoms with Crippen molar-refractivity contribution in [3.05, 3.63) is 58.0 Å². The average molecular weight is 427 g/mol. The van der Waals surface area contributed by atoms with E-state index in [2.05, 4.69) is 22.0 Å². The van der Waals surface area contributed by atoms with Crippen molar-refractivity contribution in [3.63, 3.8) is 0 Å². The number of non-ortho nitro benzene ring substituents is 1. The number of likely N-dealkylation sites (tertiary alicyclic amines) is 1. The van der Waals surface area contributed by atoms with Crippen molar-refractivity contribution in [2.45, 2.75) is 38.6 Å². The van der Waals surface area contributed by atoms with E-state index in [1.54, 1.807) is 12.3 Å². The van der Waals surface area contributed by atoms with Gasteiger partial charge in [-0.2, -0.15) is 0 Å². The van der Waals surface area contributed by atoms with Gasteiger partial charge in [0.1, 0.15) is 5.76 Å². The molecule has 2 aromatic rings. The second-order valence-electron chi connectivity index (χ2n) is 8.61. The van der Waals surface area contributed by atoms with Gasteiger partial charge in [-0.05, 0) is 62.9 Å². The van der Waals surface area contributed by atoms with E-state index in [9.17, 15) is 14.9 Å². The molecule has 1 aromatic carbocycles. The molecule has 1 amide bonds. The maximum atomic E-state index is 13.2. The van der Waals surface area contributed by atoms with Gasteiger partial charge in [0.15, 0.2) is 0 Å². The van der Waals surface area contributed by atoms with E-state index in [0.717, 1.165) is 63.3 Å². The van der Waals surface area contributed by atoms with Crippen LogP contribution in [-0.2, 0) is 0 Å². The number of furan rings is 1. The molecule has 0 aliphatic carbocycles. The fourth-order valence-electron chi connectivity index (χ4n) is 4.57. The van der Waals surface area contributed by atoms with Gasteiger partial charge < -0.3 is 14.6 Å². The molecule has 0 saturated carbocycles. The number of nitrogens with zero attached hydrogens (tertiary/aromatic N) is 3. The summed E-state index contributed by atoms with van der Waals surface area (Å²) in [5.74, 6) is 1.20. The molecule has 2 aliphatic heterocycles. The third-order valence-corrected chi connectivity index (χ3v) is 6.47. The van der Waals surface area contributed by atoms with Crippen LogP contribution in [0.25, 0.3) is 0 Å². The Morgan fingerprint density at radius 3 is 2.61 bits per heavy atom. The molecule has 0 spiro atoms. The Labute approximate surface area is 182 Å². The van der Waals surface area contributed by atoms with Crippen LogP contribution in [0.2, 0.25) is 0 Å². The first-order valence-electron chi connectivity index (χ1n) is 11.1. The summed E-state index contributed by atoms with van der Waals surface area (Å²) < 4.78 is 5.64. The normalized spacial score (nSPS) is 18.8. The standard InChI is InChI=1S/C23H30N4O4/c1-17-8-12-26(13-9-17)20-7-6-18(27(29)30)15-19(20)23(28)24-16-21(22-5-4-14-31-22)25-10-2-3-11-25/h4-7,14-15,17,21H,2-3,8-13,16H2,1H3,(H,24,28). The first-order valence-corrected chi connectivity index (χ1v) is 11.1. The lowest BCUT2D eigenvalue weighted by molar-refractivity contribution is -0.384. The lowest BCUT2D eigenvalue weighted by Crippen LogP contribution is -2.38. The van der Waals surface area contributed by atoms with Crippen LogP contribution in [0.15, 0.2) is 41.0 Å². The molecule has 0 bridgehead atoms. The summed E-state index contributed by atoms with van der Waals surface area (Å²) in [5, 5.41) is 14.4. The summed E-state index contributed by atoms with van der Waals surface area (Å²) in [4.78, 5) is 28.6. The summed E-state index contributed by atoms with van der Waals surface area (Å²) in [7, 11) is 0. The first-order chi connectivity index (χ1) is 15.0. The Bertz CT molecular complexity index is 900. The molecule has 8 nitrogen and oxygen atoms in total. The number of nitro benzene ring substituents is 1. The van der Waals surface area contributed by atoms with E-state index < -0.39 is 4.92 Å². The van der Waals surface area contributed by atoms with Gasteiger partial charge in [0.25, 0.3) is 11.6 Å². The zero-order valence-electron chi connectivity index (χ0n) is 18.0. The fraction of sp³-hybridized carbons (Fsp3) is 0.522. The molecule has 0 radical (unpaired) electrons. The fourth-order valence-corrected chi connectivity index (χ4v) is 4.57. The summed E-state index contributed by atoms with van der Waals surface area (Å²) in [6, 6.07) is 8.35. The quantitative estimate of drug-likeness (QED) is 0.532. The van der Waals surface area contributed by atoms with Gasteiger partial charge >= 0.3 is 0 Å². The van der Waals surface area contributed by atoms with Gasteiger partial charge in [-0.25, -0.2) is 0 Å². The Morgan fingerprint density at radius 1 is 1.23 bits per heavy atom. The number of carbonyl (C=O) groups is 1. The van der Waals surface area contributed by atoms with Crippen LogP contribution in [0.3, 0.4) is 0 Å². The predicted octanol–water partition coefficient (Wildman–Crippen LogP) is 3.99. The van der Waals surface area contributed by atoms with Crippen LogP contribution >= 0.6 is 0 Å². The van der Waals surface area contributed by atoms with Crippen LogP contribution in [0, 0.1) is 16.0 Å². The van der Waals surface area contributed by atoms with E-state index in [-0.39, 0.29) is 17.6 Å². The van der Waals surface area contributed by atoms with Crippen molar-refractivity contribution in [3.8, 4) is 0 Å². The molecule has 2 aliphatic rings. The van der Waals surface area contributed by atoms with Gasteiger partial charge in [0.2, 0.25) is 0 Å². The molecule has 31 heavy (non-hydrogen) atoms. The van der Waals surface area contributed by atoms with E-state index in [1.165, 1.54) is 12.1 Å². The summed E-state index contributed by atoms with van der Waals surface area (Å²) in [6.45, 7) is 6.26. The van der Waals surface area contributed by atoms with Gasteiger partial charge in [-0.3, -0.25) is 19.8 Å². The molecule has 1 N–H and O–H groups in total. The maximum absolute atomic E-state index is 13.2. The first kappa shape index (κ1) is 21.4. The van der Waals surface area contributed by atoms with Crippen LogP contribution in [0.4, 0.5) is 11.4 Å². The molecule has 2 fully saturated rings. The van der Waals surface area contributed by atoms with E-state index >= 15 is 0 Å². The smallest absolute Gasteiger partial charge is 0.270 e. The zero-order valence-corrected chi connectivity index (χ0v) is 18.0. The molecule has 3 heterocycles. The number of carbonyl (C=O) groups excluding carboxylic acids is 1.